The van der Waals surface area contributed by atoms with Crippen molar-refractivity contribution >= 4 is 5.69 Å². The van der Waals surface area contributed by atoms with E-state index in [0.717, 1.165) is 35.0 Å². The monoisotopic (exact) mass is 268 g/mol. The van der Waals surface area contributed by atoms with Crippen molar-refractivity contribution in [2.45, 2.75) is 19.9 Å². The van der Waals surface area contributed by atoms with Crippen LogP contribution in [0.2, 0.25) is 0 Å². The zero-order valence-electron chi connectivity index (χ0n) is 11.3. The van der Waals surface area contributed by atoms with Gasteiger partial charge >= 0.3 is 0 Å². The Morgan fingerprint density at radius 3 is 2.50 bits per heavy atom. The number of rotatable bonds is 5. The average molecular weight is 268 g/mol. The molecule has 3 aromatic rings. The van der Waals surface area contributed by atoms with Crippen LogP contribution in [0.3, 0.4) is 0 Å². The fraction of sp³-hybridized carbons (Fsp3) is 0.188. The molecule has 0 fully saturated rings. The molecule has 0 amide bonds. The van der Waals surface area contributed by atoms with Crippen LogP contribution in [-0.2, 0) is 13.0 Å². The van der Waals surface area contributed by atoms with Gasteiger partial charge in [-0.2, -0.15) is 0 Å². The highest BCUT2D eigenvalue weighted by Crippen LogP contribution is 2.21. The minimum absolute atomic E-state index is 0.682. The van der Waals surface area contributed by atoms with Gasteiger partial charge in [-0.1, -0.05) is 6.92 Å². The summed E-state index contributed by atoms with van der Waals surface area (Å²) in [6.45, 7) is 2.76. The summed E-state index contributed by atoms with van der Waals surface area (Å²) in [6, 6.07) is 12.1. The van der Waals surface area contributed by atoms with Crippen LogP contribution in [0, 0.1) is 0 Å². The molecule has 2 heterocycles. The Bertz CT molecular complexity index is 654. The van der Waals surface area contributed by atoms with E-state index in [2.05, 4.69) is 17.2 Å². The Morgan fingerprint density at radius 2 is 1.85 bits per heavy atom. The molecule has 102 valence electrons. The minimum atomic E-state index is 0.682. The first kappa shape index (κ1) is 12.5. The van der Waals surface area contributed by atoms with E-state index in [1.807, 2.05) is 36.4 Å². The summed E-state index contributed by atoms with van der Waals surface area (Å²) in [4.78, 5) is 3.91. The van der Waals surface area contributed by atoms with Crippen LogP contribution in [0.25, 0.3) is 11.3 Å². The number of anilines is 1. The maximum absolute atomic E-state index is 5.65. The highest BCUT2D eigenvalue weighted by atomic mass is 16.3. The molecule has 0 aliphatic rings. The summed E-state index contributed by atoms with van der Waals surface area (Å²) in [5.41, 5.74) is 2.06. The first-order valence-electron chi connectivity index (χ1n) is 6.65. The second-order valence-electron chi connectivity index (χ2n) is 4.52. The van der Waals surface area contributed by atoms with Gasteiger partial charge < -0.3 is 14.2 Å². The molecular formula is C16H16N2O2. The molecule has 2 aromatic heterocycles. The minimum Gasteiger partial charge on any atom is -0.464 e. The van der Waals surface area contributed by atoms with E-state index >= 15 is 0 Å². The van der Waals surface area contributed by atoms with Crippen molar-refractivity contribution in [3.8, 4) is 11.3 Å². The maximum atomic E-state index is 5.65. The second-order valence-corrected chi connectivity index (χ2v) is 4.52. The summed E-state index contributed by atoms with van der Waals surface area (Å²) < 4.78 is 10.9. The number of nitrogens with zero attached hydrogens (tertiary/aromatic N) is 1. The molecule has 1 aromatic carbocycles. The summed E-state index contributed by atoms with van der Waals surface area (Å²) in [6.07, 6.45) is 4.06. The van der Waals surface area contributed by atoms with Crippen LogP contribution < -0.4 is 5.32 Å². The zero-order chi connectivity index (χ0) is 13.8. The van der Waals surface area contributed by atoms with Crippen LogP contribution in [0.4, 0.5) is 5.69 Å². The lowest BCUT2D eigenvalue weighted by Gasteiger charge is -2.05. The largest absolute Gasteiger partial charge is 0.464 e. The van der Waals surface area contributed by atoms with Crippen molar-refractivity contribution in [1.82, 2.24) is 4.98 Å². The van der Waals surface area contributed by atoms with Crippen LogP contribution in [-0.4, -0.2) is 4.98 Å². The Morgan fingerprint density at radius 1 is 1.05 bits per heavy atom. The fourth-order valence-electron chi connectivity index (χ4n) is 2.01. The predicted molar refractivity (Wildman–Crippen MR) is 77.4 cm³/mol. The van der Waals surface area contributed by atoms with Crippen LogP contribution in [0.1, 0.15) is 18.4 Å². The van der Waals surface area contributed by atoms with Gasteiger partial charge in [0.2, 0.25) is 0 Å². The van der Waals surface area contributed by atoms with E-state index in [-0.39, 0.29) is 0 Å². The van der Waals surface area contributed by atoms with Gasteiger partial charge in [-0.3, -0.25) is 0 Å². The van der Waals surface area contributed by atoms with E-state index in [1.54, 1.807) is 6.20 Å². The number of hydrogen-bond acceptors (Lipinski definition) is 4. The van der Waals surface area contributed by atoms with Gasteiger partial charge in [-0.05, 0) is 36.4 Å². The van der Waals surface area contributed by atoms with E-state index < -0.39 is 0 Å². The van der Waals surface area contributed by atoms with E-state index in [4.69, 9.17) is 8.83 Å². The lowest BCUT2D eigenvalue weighted by atomic mass is 10.1. The number of hydrogen-bond donors (Lipinski definition) is 1. The van der Waals surface area contributed by atoms with Gasteiger partial charge in [0.05, 0.1) is 12.7 Å². The molecule has 4 nitrogen and oxygen atoms in total. The molecule has 1 N–H and O–H groups in total. The Kier molecular flexibility index (Phi) is 3.54. The van der Waals surface area contributed by atoms with E-state index in [9.17, 15) is 0 Å². The third-order valence-electron chi connectivity index (χ3n) is 3.13. The van der Waals surface area contributed by atoms with Crippen LogP contribution in [0.15, 0.2) is 57.8 Å². The van der Waals surface area contributed by atoms with Gasteiger partial charge in [-0.15, -0.1) is 0 Å². The molecule has 0 spiro atoms. The molecule has 0 unspecified atom stereocenters. The summed E-state index contributed by atoms with van der Waals surface area (Å²) in [7, 11) is 0. The SMILES string of the molecule is CCc1ccc(CNc2ccc(-c3cnco3)cc2)o1. The predicted octanol–water partition coefficient (Wildman–Crippen LogP) is 4.11. The van der Waals surface area contributed by atoms with Gasteiger partial charge in [0.15, 0.2) is 12.2 Å². The number of benzene rings is 1. The molecule has 0 saturated carbocycles. The van der Waals surface area contributed by atoms with Crippen molar-refractivity contribution in [2.75, 3.05) is 5.32 Å². The molecule has 4 heteroatoms. The Hall–Kier alpha value is -2.49. The third-order valence-corrected chi connectivity index (χ3v) is 3.13. The van der Waals surface area contributed by atoms with Crippen molar-refractivity contribution < 1.29 is 8.83 Å². The fourth-order valence-corrected chi connectivity index (χ4v) is 2.01. The van der Waals surface area contributed by atoms with Crippen molar-refractivity contribution in [3.63, 3.8) is 0 Å². The first-order chi connectivity index (χ1) is 9.85. The standard InChI is InChI=1S/C16H16N2O2/c1-2-14-7-8-15(20-14)9-18-13-5-3-12(4-6-13)16-10-17-11-19-16/h3-8,10-11,18H,2,9H2,1H3. The number of furan rings is 1. The quantitative estimate of drug-likeness (QED) is 0.756. The highest BCUT2D eigenvalue weighted by Gasteiger charge is 2.02. The molecule has 0 saturated heterocycles. The van der Waals surface area contributed by atoms with Gasteiger partial charge in [-0.25, -0.2) is 4.98 Å². The normalized spacial score (nSPS) is 10.7. The Balaban J connectivity index is 1.63. The molecule has 0 atom stereocenters. The van der Waals surface area contributed by atoms with Crippen LogP contribution >= 0.6 is 0 Å². The molecule has 0 aliphatic heterocycles. The summed E-state index contributed by atoms with van der Waals surface area (Å²) in [5.74, 6) is 2.74. The summed E-state index contributed by atoms with van der Waals surface area (Å²) >= 11 is 0. The molecule has 0 aliphatic carbocycles. The lowest BCUT2D eigenvalue weighted by Crippen LogP contribution is -1.97. The number of nitrogens with one attached hydrogen (secondary N) is 1. The molecule has 20 heavy (non-hydrogen) atoms. The molecule has 0 radical (unpaired) electrons. The Labute approximate surface area is 117 Å². The molecule has 3 rings (SSSR count). The van der Waals surface area contributed by atoms with Crippen molar-refractivity contribution in [1.29, 1.82) is 0 Å². The van der Waals surface area contributed by atoms with Gasteiger partial charge in [0.25, 0.3) is 0 Å². The number of aryl methyl sites for hydroxylation is 1. The molecule has 0 bridgehead atoms. The van der Waals surface area contributed by atoms with Gasteiger partial charge in [0, 0.05) is 17.7 Å². The van der Waals surface area contributed by atoms with E-state index in [0.29, 0.717) is 6.54 Å². The van der Waals surface area contributed by atoms with Crippen LogP contribution in [0.5, 0.6) is 0 Å². The van der Waals surface area contributed by atoms with Crippen molar-refractivity contribution in [3.05, 3.63) is 60.5 Å². The number of aromatic nitrogens is 1. The maximum Gasteiger partial charge on any atom is 0.181 e. The summed E-state index contributed by atoms with van der Waals surface area (Å²) in [5, 5.41) is 3.33. The topological polar surface area (TPSA) is 51.2 Å². The number of oxazole rings is 1. The first-order valence-corrected chi connectivity index (χ1v) is 6.65. The highest BCUT2D eigenvalue weighted by molar-refractivity contribution is 5.60. The lowest BCUT2D eigenvalue weighted by molar-refractivity contribution is 0.476. The molecular weight excluding hydrogens is 252 g/mol. The van der Waals surface area contributed by atoms with Crippen molar-refractivity contribution in [2.24, 2.45) is 0 Å². The van der Waals surface area contributed by atoms with E-state index in [1.165, 1.54) is 6.39 Å². The smallest absolute Gasteiger partial charge is 0.181 e. The average Bonchev–Trinajstić information content (AvgIpc) is 3.17. The third kappa shape index (κ3) is 2.74. The zero-order valence-corrected chi connectivity index (χ0v) is 11.3. The second kappa shape index (κ2) is 5.65. The van der Waals surface area contributed by atoms with Gasteiger partial charge in [0.1, 0.15) is 11.5 Å².